The fourth-order valence-electron chi connectivity index (χ4n) is 4.64. The maximum absolute atomic E-state index is 15.3. The van der Waals surface area contributed by atoms with E-state index in [0.29, 0.717) is 30.7 Å². The van der Waals surface area contributed by atoms with E-state index in [4.69, 9.17) is 10.5 Å². The van der Waals surface area contributed by atoms with Gasteiger partial charge in [-0.25, -0.2) is 27.8 Å². The van der Waals surface area contributed by atoms with Gasteiger partial charge in [0.2, 0.25) is 17.5 Å². The number of hydrogen-bond acceptors (Lipinski definition) is 6. The lowest BCUT2D eigenvalue weighted by Gasteiger charge is -2.20. The summed E-state index contributed by atoms with van der Waals surface area (Å²) in [5.41, 5.74) is 6.63. The molecule has 3 heterocycles. The monoisotopic (exact) mass is 532 g/mol. The van der Waals surface area contributed by atoms with Crippen LogP contribution in [0.4, 0.5) is 27.8 Å². The minimum absolute atomic E-state index is 0.0244. The minimum Gasteiger partial charge on any atom is -0.480 e. The van der Waals surface area contributed by atoms with E-state index in [1.54, 1.807) is 9.58 Å². The van der Waals surface area contributed by atoms with Gasteiger partial charge in [0.15, 0.2) is 23.0 Å². The highest BCUT2D eigenvalue weighted by atomic mass is 19.2. The first-order valence-corrected chi connectivity index (χ1v) is 11.6. The lowest BCUT2D eigenvalue weighted by atomic mass is 9.99. The number of anilines is 1. The number of carbonyl (C=O) groups is 1. The number of nitrogen functional groups attached to an aromatic ring is 1. The van der Waals surface area contributed by atoms with Crippen molar-refractivity contribution in [2.75, 3.05) is 18.8 Å². The Bertz CT molecular complexity index is 1490. The number of aromatic nitrogens is 4. The maximum atomic E-state index is 15.3. The van der Waals surface area contributed by atoms with Crippen LogP contribution in [0.2, 0.25) is 0 Å². The molecule has 3 aromatic rings. The third kappa shape index (κ3) is 4.48. The van der Waals surface area contributed by atoms with Crippen LogP contribution in [-0.2, 0) is 11.3 Å². The second kappa shape index (κ2) is 9.88. The van der Waals surface area contributed by atoms with Gasteiger partial charge in [0.25, 0.3) is 0 Å². The highest BCUT2D eigenvalue weighted by Gasteiger charge is 2.30. The van der Waals surface area contributed by atoms with Crippen molar-refractivity contribution in [3.8, 4) is 5.75 Å². The van der Waals surface area contributed by atoms with Gasteiger partial charge in [-0.1, -0.05) is 12.7 Å². The number of ether oxygens (including phenoxy) is 1. The second-order valence-electron chi connectivity index (χ2n) is 8.97. The standard InChI is InChI=1S/C25H21F5N6O2/c1-2-18(37)35-6-5-12(9-35)10-36-25-19(24(31)32-11-33-25)22(34-36)14-4-3-13(7-15(14)26)38-23-20(29)16(27)8-17(28)21(23)30/h2-4,8,11-13H,1,5-7,9-10H2,(H2,31,32,33). The second-order valence-corrected chi connectivity index (χ2v) is 8.97. The van der Waals surface area contributed by atoms with E-state index >= 15 is 4.39 Å². The molecule has 2 atom stereocenters. The first kappa shape index (κ1) is 25.4. The molecule has 0 spiro atoms. The van der Waals surface area contributed by atoms with Crippen LogP contribution in [0, 0.1) is 29.2 Å². The molecule has 0 radical (unpaired) electrons. The zero-order valence-corrected chi connectivity index (χ0v) is 19.8. The summed E-state index contributed by atoms with van der Waals surface area (Å²) >= 11 is 0. The van der Waals surface area contributed by atoms with Crippen molar-refractivity contribution in [1.29, 1.82) is 0 Å². The maximum Gasteiger partial charge on any atom is 0.245 e. The Kier molecular flexibility index (Phi) is 6.59. The number of allylic oxidation sites excluding steroid dienone is 2. The van der Waals surface area contributed by atoms with Crippen LogP contribution >= 0.6 is 0 Å². The SMILES string of the molecule is C=CC(=O)N1CCC(Cn2nc(C3=C(F)CC(Oc4c(F)c(F)cc(F)c4F)C=C3)c3c(N)ncnc32)C1. The Morgan fingerprint density at radius 1 is 1.18 bits per heavy atom. The molecule has 198 valence electrons. The van der Waals surface area contributed by atoms with E-state index < -0.39 is 47.4 Å². The molecule has 1 aromatic carbocycles. The van der Waals surface area contributed by atoms with Crippen LogP contribution in [0.1, 0.15) is 18.5 Å². The Morgan fingerprint density at radius 2 is 1.92 bits per heavy atom. The molecule has 1 saturated heterocycles. The van der Waals surface area contributed by atoms with Gasteiger partial charge in [0.1, 0.15) is 29.8 Å². The molecule has 2 aromatic heterocycles. The molecule has 5 rings (SSSR count). The summed E-state index contributed by atoms with van der Waals surface area (Å²) in [7, 11) is 0. The number of carbonyl (C=O) groups excluding carboxylic acids is 1. The summed E-state index contributed by atoms with van der Waals surface area (Å²) in [5.74, 6) is -8.79. The minimum atomic E-state index is -1.72. The van der Waals surface area contributed by atoms with Crippen LogP contribution in [-0.4, -0.2) is 49.7 Å². The number of hydrogen-bond donors (Lipinski definition) is 1. The van der Waals surface area contributed by atoms with Gasteiger partial charge in [0.05, 0.1) is 5.39 Å². The molecule has 1 aliphatic heterocycles. The summed E-state index contributed by atoms with van der Waals surface area (Å²) in [6.45, 7) is 4.94. The fraction of sp³-hybridized carbons (Fsp3) is 0.280. The smallest absolute Gasteiger partial charge is 0.245 e. The molecule has 8 nitrogen and oxygen atoms in total. The zero-order chi connectivity index (χ0) is 27.1. The average molecular weight is 532 g/mol. The van der Waals surface area contributed by atoms with Gasteiger partial charge in [-0.2, -0.15) is 13.9 Å². The van der Waals surface area contributed by atoms with Crippen LogP contribution in [0.3, 0.4) is 0 Å². The molecular weight excluding hydrogens is 511 g/mol. The number of likely N-dealkylation sites (tertiary alicyclic amines) is 1. The molecular formula is C25H21F5N6O2. The largest absolute Gasteiger partial charge is 0.480 e. The lowest BCUT2D eigenvalue weighted by molar-refractivity contribution is -0.125. The molecule has 0 saturated carbocycles. The third-order valence-corrected chi connectivity index (χ3v) is 6.51. The van der Waals surface area contributed by atoms with E-state index in [2.05, 4.69) is 21.6 Å². The predicted molar refractivity (Wildman–Crippen MR) is 127 cm³/mol. The lowest BCUT2D eigenvalue weighted by Crippen LogP contribution is -2.27. The average Bonchev–Trinajstić information content (AvgIpc) is 3.51. The van der Waals surface area contributed by atoms with Crippen molar-refractivity contribution < 1.29 is 31.5 Å². The predicted octanol–water partition coefficient (Wildman–Crippen LogP) is 4.09. The fourth-order valence-corrected chi connectivity index (χ4v) is 4.64. The first-order valence-electron chi connectivity index (χ1n) is 11.6. The Balaban J connectivity index is 1.43. The molecule has 1 aliphatic carbocycles. The molecule has 13 heteroatoms. The quantitative estimate of drug-likeness (QED) is 0.292. The zero-order valence-electron chi connectivity index (χ0n) is 19.8. The van der Waals surface area contributed by atoms with Crippen molar-refractivity contribution in [2.24, 2.45) is 5.92 Å². The van der Waals surface area contributed by atoms with Gasteiger partial charge in [0, 0.05) is 37.7 Å². The number of halogens is 5. The highest BCUT2D eigenvalue weighted by molar-refractivity contribution is 5.98. The number of amides is 1. The first-order chi connectivity index (χ1) is 18.2. The topological polar surface area (TPSA) is 99.2 Å². The summed E-state index contributed by atoms with van der Waals surface area (Å²) in [6.07, 6.45) is 4.07. The van der Waals surface area contributed by atoms with E-state index in [0.717, 1.165) is 6.42 Å². The molecule has 38 heavy (non-hydrogen) atoms. The van der Waals surface area contributed by atoms with Gasteiger partial charge in [-0.3, -0.25) is 4.79 Å². The van der Waals surface area contributed by atoms with Crippen LogP contribution < -0.4 is 10.5 Å². The van der Waals surface area contributed by atoms with Crippen molar-refractivity contribution in [3.63, 3.8) is 0 Å². The van der Waals surface area contributed by atoms with Crippen LogP contribution in [0.25, 0.3) is 16.6 Å². The molecule has 2 aliphatic rings. The van der Waals surface area contributed by atoms with Crippen LogP contribution in [0.5, 0.6) is 5.75 Å². The summed E-state index contributed by atoms with van der Waals surface area (Å²) in [5, 5.41) is 4.85. The number of rotatable bonds is 6. The molecule has 2 unspecified atom stereocenters. The number of benzene rings is 1. The normalized spacial score (nSPS) is 19.4. The van der Waals surface area contributed by atoms with Crippen molar-refractivity contribution in [1.82, 2.24) is 24.6 Å². The van der Waals surface area contributed by atoms with Crippen LogP contribution in [0.15, 0.2) is 43.0 Å². The van der Waals surface area contributed by atoms with Crippen molar-refractivity contribution >= 4 is 28.3 Å². The Hall–Kier alpha value is -4.29. The third-order valence-electron chi connectivity index (χ3n) is 6.51. The molecule has 2 N–H and O–H groups in total. The van der Waals surface area contributed by atoms with E-state index in [9.17, 15) is 22.4 Å². The number of nitrogens with zero attached hydrogens (tertiary/aromatic N) is 5. The van der Waals surface area contributed by atoms with Gasteiger partial charge < -0.3 is 15.4 Å². The Labute approximate surface area is 212 Å². The summed E-state index contributed by atoms with van der Waals surface area (Å²) in [4.78, 5) is 21.9. The summed E-state index contributed by atoms with van der Waals surface area (Å²) < 4.78 is 77.0. The highest BCUT2D eigenvalue weighted by Crippen LogP contribution is 2.36. The van der Waals surface area contributed by atoms with E-state index in [-0.39, 0.29) is 35.0 Å². The van der Waals surface area contributed by atoms with E-state index in [1.165, 1.54) is 24.6 Å². The number of fused-ring (bicyclic) bond motifs is 1. The molecule has 0 bridgehead atoms. The Morgan fingerprint density at radius 3 is 2.61 bits per heavy atom. The van der Waals surface area contributed by atoms with Gasteiger partial charge in [-0.05, 0) is 24.5 Å². The van der Waals surface area contributed by atoms with Gasteiger partial charge >= 0.3 is 0 Å². The molecule has 1 fully saturated rings. The number of nitrogens with two attached hydrogens (primary N) is 1. The van der Waals surface area contributed by atoms with Crippen molar-refractivity contribution in [2.45, 2.75) is 25.5 Å². The van der Waals surface area contributed by atoms with Crippen molar-refractivity contribution in [3.05, 3.63) is 72.0 Å². The van der Waals surface area contributed by atoms with E-state index in [1.807, 2.05) is 0 Å². The summed E-state index contributed by atoms with van der Waals surface area (Å²) in [6, 6.07) is 0.0567. The van der Waals surface area contributed by atoms with Gasteiger partial charge in [-0.15, -0.1) is 0 Å². The molecule has 1 amide bonds.